The summed E-state index contributed by atoms with van der Waals surface area (Å²) in [5.74, 6) is 1.94. The van der Waals surface area contributed by atoms with Gasteiger partial charge in [0, 0.05) is 68.4 Å². The molecule has 4 aromatic rings. The third-order valence-corrected chi connectivity index (χ3v) is 7.76. The molecule has 7 nitrogen and oxygen atoms in total. The topological polar surface area (TPSA) is 84.4 Å². The number of rotatable bonds is 4. The molecule has 7 rings (SSSR count). The fourth-order valence-corrected chi connectivity index (χ4v) is 6.17. The summed E-state index contributed by atoms with van der Waals surface area (Å²) >= 11 is 0. The molecule has 4 heterocycles. The highest BCUT2D eigenvalue weighted by Gasteiger charge is 2.45. The lowest BCUT2D eigenvalue weighted by atomic mass is 10.0. The molecule has 1 aliphatic heterocycles. The first-order valence-corrected chi connectivity index (χ1v) is 11.9. The van der Waals surface area contributed by atoms with Crippen LogP contribution in [-0.2, 0) is 12.8 Å². The second kappa shape index (κ2) is 7.24. The van der Waals surface area contributed by atoms with Gasteiger partial charge in [-0.1, -0.05) is 0 Å². The number of nitrogens with two attached hydrogens (primary N) is 1. The third kappa shape index (κ3) is 2.94. The minimum absolute atomic E-state index is 0.248. The Morgan fingerprint density at radius 1 is 1.24 bits per heavy atom. The molecule has 2 bridgehead atoms. The zero-order valence-corrected chi connectivity index (χ0v) is 19.0. The van der Waals surface area contributed by atoms with E-state index in [-0.39, 0.29) is 11.9 Å². The largest absolute Gasteiger partial charge is 0.388 e. The van der Waals surface area contributed by atoms with Crippen molar-refractivity contribution in [3.05, 3.63) is 71.3 Å². The van der Waals surface area contributed by atoms with Crippen molar-refractivity contribution in [3.8, 4) is 11.1 Å². The summed E-state index contributed by atoms with van der Waals surface area (Å²) in [5.41, 5.74) is 13.1. The molecule has 8 heteroatoms. The lowest BCUT2D eigenvalue weighted by Crippen LogP contribution is -2.42. The first-order valence-electron chi connectivity index (χ1n) is 11.9. The number of nitrogens with zero attached hydrogens (tertiary/aromatic N) is 5. The molecule has 2 unspecified atom stereocenters. The summed E-state index contributed by atoms with van der Waals surface area (Å²) in [6, 6.07) is 7.81. The van der Waals surface area contributed by atoms with Crippen molar-refractivity contribution in [2.75, 3.05) is 23.8 Å². The van der Waals surface area contributed by atoms with Crippen LogP contribution in [0.2, 0.25) is 0 Å². The molecular weight excluding hydrogens is 429 g/mol. The van der Waals surface area contributed by atoms with Crippen molar-refractivity contribution in [3.63, 3.8) is 0 Å². The number of fused-ring (bicyclic) bond motifs is 6. The van der Waals surface area contributed by atoms with Gasteiger partial charge >= 0.3 is 0 Å². The van der Waals surface area contributed by atoms with Gasteiger partial charge in [-0.2, -0.15) is 0 Å². The van der Waals surface area contributed by atoms with E-state index < -0.39 is 0 Å². The van der Waals surface area contributed by atoms with Crippen molar-refractivity contribution >= 4 is 17.2 Å². The highest BCUT2D eigenvalue weighted by atomic mass is 19.1. The lowest BCUT2D eigenvalue weighted by molar-refractivity contribution is 0.471. The van der Waals surface area contributed by atoms with Crippen LogP contribution in [0.3, 0.4) is 0 Å². The molecule has 1 saturated carbocycles. The Bertz CT molecular complexity index is 1440. The van der Waals surface area contributed by atoms with E-state index in [1.54, 1.807) is 12.1 Å². The average molecular weight is 456 g/mol. The number of hydrogen-bond acceptors (Lipinski definition) is 6. The van der Waals surface area contributed by atoms with E-state index >= 15 is 0 Å². The fraction of sp³-hybridized carbons (Fsp3) is 0.346. The first-order chi connectivity index (χ1) is 16.6. The van der Waals surface area contributed by atoms with Gasteiger partial charge < -0.3 is 20.4 Å². The van der Waals surface area contributed by atoms with Crippen LogP contribution in [0.15, 0.2) is 42.9 Å². The maximum atomic E-state index is 14.6. The predicted octanol–water partition coefficient (Wildman–Crippen LogP) is 3.39. The second-order valence-electron chi connectivity index (χ2n) is 9.81. The Morgan fingerprint density at radius 2 is 2.15 bits per heavy atom. The van der Waals surface area contributed by atoms with Crippen LogP contribution in [-0.4, -0.2) is 45.0 Å². The molecule has 1 aromatic carbocycles. The van der Waals surface area contributed by atoms with Crippen LogP contribution in [0.4, 0.5) is 15.9 Å². The number of anilines is 2. The summed E-state index contributed by atoms with van der Waals surface area (Å²) in [6.45, 7) is 0.898. The second-order valence-corrected chi connectivity index (χ2v) is 9.81. The molecule has 34 heavy (non-hydrogen) atoms. The van der Waals surface area contributed by atoms with Gasteiger partial charge in [-0.05, 0) is 59.7 Å². The smallest absolute Gasteiger partial charge is 0.140 e. The fourth-order valence-electron chi connectivity index (χ4n) is 6.17. The third-order valence-electron chi connectivity index (χ3n) is 7.76. The summed E-state index contributed by atoms with van der Waals surface area (Å²) in [5, 5.41) is 3.16. The van der Waals surface area contributed by atoms with Gasteiger partial charge in [-0.15, -0.1) is 0 Å². The molecule has 3 N–H and O–H groups in total. The summed E-state index contributed by atoms with van der Waals surface area (Å²) in [6.07, 6.45) is 9.30. The minimum atomic E-state index is -0.248. The number of aromatic nitrogens is 4. The van der Waals surface area contributed by atoms with E-state index in [0.29, 0.717) is 24.8 Å². The van der Waals surface area contributed by atoms with Crippen LogP contribution in [0, 0.1) is 11.7 Å². The molecule has 0 spiro atoms. The molecule has 2 fully saturated rings. The number of halogens is 1. The number of benzene rings is 1. The Hall–Kier alpha value is -3.52. The normalized spacial score (nSPS) is 22.4. The molecule has 3 aromatic heterocycles. The lowest BCUT2D eigenvalue weighted by Gasteiger charge is -2.32. The van der Waals surface area contributed by atoms with Gasteiger partial charge in [-0.25, -0.2) is 19.3 Å². The van der Waals surface area contributed by atoms with Crippen LogP contribution in [0.1, 0.15) is 35.5 Å². The molecule has 1 saturated heterocycles. The first kappa shape index (κ1) is 19.9. The minimum Gasteiger partial charge on any atom is -0.388 e. The maximum Gasteiger partial charge on any atom is 0.140 e. The molecule has 2 aliphatic carbocycles. The zero-order chi connectivity index (χ0) is 23.0. The van der Waals surface area contributed by atoms with Gasteiger partial charge in [0.05, 0.1) is 5.69 Å². The van der Waals surface area contributed by atoms with E-state index in [1.165, 1.54) is 0 Å². The molecule has 0 amide bonds. The van der Waals surface area contributed by atoms with Crippen LogP contribution in [0.5, 0.6) is 0 Å². The van der Waals surface area contributed by atoms with Gasteiger partial charge in [0.15, 0.2) is 0 Å². The molecule has 0 radical (unpaired) electrons. The summed E-state index contributed by atoms with van der Waals surface area (Å²) < 4.78 is 16.6. The van der Waals surface area contributed by atoms with Crippen LogP contribution >= 0.6 is 0 Å². The highest BCUT2D eigenvalue weighted by molar-refractivity contribution is 5.88. The van der Waals surface area contributed by atoms with E-state index in [9.17, 15) is 4.39 Å². The van der Waals surface area contributed by atoms with Crippen molar-refractivity contribution in [2.45, 2.75) is 37.8 Å². The Labute approximate surface area is 196 Å². The van der Waals surface area contributed by atoms with Crippen LogP contribution in [0.25, 0.3) is 16.8 Å². The van der Waals surface area contributed by atoms with Gasteiger partial charge in [0.2, 0.25) is 0 Å². The number of piperidine rings is 1. The molecular formula is C26H26FN7. The highest BCUT2D eigenvalue weighted by Crippen LogP contribution is 2.48. The predicted molar refractivity (Wildman–Crippen MR) is 130 cm³/mol. The van der Waals surface area contributed by atoms with Crippen LogP contribution < -0.4 is 16.0 Å². The SMILES string of the molecule is CNc1cc(F)cc2c1Cc1nc(Cc3cnc4cccn4c3)nc(N3CC4CC3C[C@@H]4N)c1-2. The average Bonchev–Trinajstić information content (AvgIpc) is 3.60. The van der Waals surface area contributed by atoms with Gasteiger partial charge in [0.1, 0.15) is 23.1 Å². The van der Waals surface area contributed by atoms with Crippen molar-refractivity contribution < 1.29 is 4.39 Å². The summed E-state index contributed by atoms with van der Waals surface area (Å²) in [4.78, 5) is 17.1. The molecule has 172 valence electrons. The van der Waals surface area contributed by atoms with E-state index in [1.807, 2.05) is 36.0 Å². The maximum absolute atomic E-state index is 14.6. The van der Waals surface area contributed by atoms with E-state index in [0.717, 1.165) is 70.3 Å². The van der Waals surface area contributed by atoms with Crippen molar-refractivity contribution in [1.29, 1.82) is 0 Å². The Balaban J connectivity index is 1.35. The zero-order valence-electron chi connectivity index (χ0n) is 19.0. The van der Waals surface area contributed by atoms with E-state index in [4.69, 9.17) is 15.7 Å². The molecule has 3 atom stereocenters. The van der Waals surface area contributed by atoms with E-state index in [2.05, 4.69) is 21.4 Å². The Morgan fingerprint density at radius 3 is 2.94 bits per heavy atom. The molecule has 3 aliphatic rings. The van der Waals surface area contributed by atoms with Gasteiger partial charge in [-0.3, -0.25) is 0 Å². The quantitative estimate of drug-likeness (QED) is 0.432. The summed E-state index contributed by atoms with van der Waals surface area (Å²) in [7, 11) is 1.83. The van der Waals surface area contributed by atoms with Crippen molar-refractivity contribution in [2.24, 2.45) is 11.7 Å². The number of nitrogens with one attached hydrogen (secondary N) is 1. The van der Waals surface area contributed by atoms with Crippen molar-refractivity contribution in [1.82, 2.24) is 19.4 Å². The number of hydrogen-bond donors (Lipinski definition) is 2. The van der Waals surface area contributed by atoms with Gasteiger partial charge in [0.25, 0.3) is 0 Å². The Kier molecular flexibility index (Phi) is 4.24. The monoisotopic (exact) mass is 455 g/mol. The standard InChI is InChI=1S/C26H26FN7/c1-29-21-8-16(27)7-19-18(21)10-22-25(19)26(34-13-15-6-17(34)9-20(15)28)32-23(31-22)5-14-11-30-24-3-2-4-33(24)12-14/h2-4,7-8,11-12,15,17,20,29H,5-6,9-10,13,28H2,1H3/t15?,17?,20-/m0/s1.